The van der Waals surface area contributed by atoms with Gasteiger partial charge in [0, 0.05) is 0 Å². The zero-order valence-electron chi connectivity index (χ0n) is 12.9. The molecule has 0 saturated carbocycles. The van der Waals surface area contributed by atoms with Crippen molar-refractivity contribution >= 4 is 16.8 Å². The summed E-state index contributed by atoms with van der Waals surface area (Å²) in [5.41, 5.74) is 2.56. The number of allylic oxidation sites excluding steroid dienone is 2. The number of rotatable bonds is 2. The Morgan fingerprint density at radius 1 is 0.895 bits per heavy atom. The molecule has 0 amide bonds. The highest BCUT2D eigenvalue weighted by Gasteiger charge is 1.97. The summed E-state index contributed by atoms with van der Waals surface area (Å²) in [6.45, 7) is 13.8. The lowest BCUT2D eigenvalue weighted by atomic mass is 10.0. The molecule has 102 valence electrons. The van der Waals surface area contributed by atoms with Crippen molar-refractivity contribution in [2.45, 2.75) is 34.6 Å². The molecule has 0 N–H and O–H groups in total. The second kappa shape index (κ2) is 10.1. The molecular weight excluding hydrogens is 228 g/mol. The first-order chi connectivity index (χ1) is 9.31. The topological polar surface area (TPSA) is 0 Å². The van der Waals surface area contributed by atoms with Gasteiger partial charge >= 0.3 is 0 Å². The number of hydrogen-bond donors (Lipinski definition) is 0. The lowest BCUT2D eigenvalue weighted by Crippen LogP contribution is -1.81. The first kappa shape index (κ1) is 17.2. The minimum atomic E-state index is 1.26. The van der Waals surface area contributed by atoms with Gasteiger partial charge in [-0.05, 0) is 34.9 Å². The van der Waals surface area contributed by atoms with Gasteiger partial charge in [-0.1, -0.05) is 82.8 Å². The van der Waals surface area contributed by atoms with Gasteiger partial charge in [-0.2, -0.15) is 0 Å². The van der Waals surface area contributed by atoms with Crippen LogP contribution in [0.25, 0.3) is 16.8 Å². The largest absolute Gasteiger partial charge is 0.0991 e. The van der Waals surface area contributed by atoms with Gasteiger partial charge in [0.05, 0.1) is 0 Å². The number of benzene rings is 2. The first-order valence-corrected chi connectivity index (χ1v) is 7.10. The minimum Gasteiger partial charge on any atom is -0.0991 e. The average Bonchev–Trinajstić information content (AvgIpc) is 2.49. The van der Waals surface area contributed by atoms with Crippen LogP contribution in [0.2, 0.25) is 0 Å². The molecule has 0 radical (unpaired) electrons. The van der Waals surface area contributed by atoms with E-state index in [4.69, 9.17) is 0 Å². The maximum Gasteiger partial charge on any atom is -0.0178 e. The summed E-state index contributed by atoms with van der Waals surface area (Å²) in [6, 6.07) is 12.9. The second-order valence-corrected chi connectivity index (χ2v) is 3.65. The Morgan fingerprint density at radius 2 is 1.42 bits per heavy atom. The predicted octanol–water partition coefficient (Wildman–Crippen LogP) is 6.40. The Morgan fingerprint density at radius 3 is 1.95 bits per heavy atom. The maximum atomic E-state index is 3.68. The highest BCUT2D eigenvalue weighted by atomic mass is 14.0. The van der Waals surface area contributed by atoms with E-state index in [1.165, 1.54) is 21.9 Å². The van der Waals surface area contributed by atoms with Gasteiger partial charge < -0.3 is 0 Å². The third kappa shape index (κ3) is 5.13. The molecule has 2 rings (SSSR count). The molecule has 0 saturated heterocycles. The molecule has 0 aliphatic rings. The summed E-state index contributed by atoms with van der Waals surface area (Å²) in [4.78, 5) is 0. The fraction of sp³-hybridized carbons (Fsp3) is 0.263. The van der Waals surface area contributed by atoms with Gasteiger partial charge in [0.1, 0.15) is 0 Å². The molecule has 0 spiro atoms. The Labute approximate surface area is 118 Å². The van der Waals surface area contributed by atoms with Crippen LogP contribution in [0.3, 0.4) is 0 Å². The number of hydrogen-bond acceptors (Lipinski definition) is 0. The second-order valence-electron chi connectivity index (χ2n) is 3.65. The Kier molecular flexibility index (Phi) is 9.16. The third-order valence-electron chi connectivity index (χ3n) is 2.55. The zero-order valence-corrected chi connectivity index (χ0v) is 12.9. The third-order valence-corrected chi connectivity index (χ3v) is 2.55. The normalized spacial score (nSPS) is 9.32. The predicted molar refractivity (Wildman–Crippen MR) is 90.6 cm³/mol. The van der Waals surface area contributed by atoms with E-state index in [9.17, 15) is 0 Å². The summed E-state index contributed by atoms with van der Waals surface area (Å²) in [5, 5.41) is 2.58. The van der Waals surface area contributed by atoms with Crippen LogP contribution in [-0.4, -0.2) is 0 Å². The highest BCUT2D eigenvalue weighted by Crippen LogP contribution is 2.20. The molecule has 0 aliphatic heterocycles. The molecule has 0 fully saturated rings. The van der Waals surface area contributed by atoms with Crippen LogP contribution in [0, 0.1) is 6.92 Å². The smallest absolute Gasteiger partial charge is 0.0178 e. The highest BCUT2D eigenvalue weighted by molar-refractivity contribution is 5.86. The molecule has 0 atom stereocenters. The van der Waals surface area contributed by atoms with E-state index >= 15 is 0 Å². The van der Waals surface area contributed by atoms with Crippen molar-refractivity contribution in [3.8, 4) is 0 Å². The summed E-state index contributed by atoms with van der Waals surface area (Å²) in [7, 11) is 0. The Bertz CT molecular complexity index is 519. The quantitative estimate of drug-likeness (QED) is 0.544. The van der Waals surface area contributed by atoms with E-state index in [1.54, 1.807) is 6.08 Å². The van der Waals surface area contributed by atoms with Crippen molar-refractivity contribution in [2.24, 2.45) is 0 Å². The van der Waals surface area contributed by atoms with Crippen LogP contribution < -0.4 is 0 Å². The molecule has 19 heavy (non-hydrogen) atoms. The van der Waals surface area contributed by atoms with E-state index in [1.807, 2.05) is 33.8 Å². The van der Waals surface area contributed by atoms with Crippen LogP contribution in [-0.2, 0) is 0 Å². The molecule has 0 bridgehead atoms. The molecule has 0 aromatic heterocycles. The van der Waals surface area contributed by atoms with Crippen LogP contribution >= 0.6 is 0 Å². The fourth-order valence-corrected chi connectivity index (χ4v) is 1.72. The fourth-order valence-electron chi connectivity index (χ4n) is 1.72. The summed E-state index contributed by atoms with van der Waals surface area (Å²) in [6.07, 6.45) is 5.86. The minimum absolute atomic E-state index is 1.26. The maximum absolute atomic E-state index is 3.68. The van der Waals surface area contributed by atoms with Crippen molar-refractivity contribution in [3.05, 3.63) is 66.3 Å². The van der Waals surface area contributed by atoms with Gasteiger partial charge in [-0.25, -0.2) is 0 Å². The van der Waals surface area contributed by atoms with Crippen molar-refractivity contribution in [1.29, 1.82) is 0 Å². The van der Waals surface area contributed by atoms with Gasteiger partial charge in [0.2, 0.25) is 0 Å². The summed E-state index contributed by atoms with van der Waals surface area (Å²) < 4.78 is 0. The van der Waals surface area contributed by atoms with Crippen LogP contribution in [0.4, 0.5) is 0 Å². The zero-order chi connectivity index (χ0) is 14.7. The van der Waals surface area contributed by atoms with Crippen LogP contribution in [0.15, 0.2) is 55.1 Å². The molecule has 0 heterocycles. The van der Waals surface area contributed by atoms with Crippen molar-refractivity contribution in [1.82, 2.24) is 0 Å². The Hall–Kier alpha value is -1.82. The van der Waals surface area contributed by atoms with Gasteiger partial charge in [-0.3, -0.25) is 0 Å². The van der Waals surface area contributed by atoms with Crippen molar-refractivity contribution in [3.63, 3.8) is 0 Å². The molecular formula is C19H26. The number of aryl methyl sites for hydroxylation is 1. The Balaban J connectivity index is 0.000000741. The molecule has 0 heteroatoms. The molecule has 0 unspecified atom stereocenters. The van der Waals surface area contributed by atoms with E-state index in [0.29, 0.717) is 0 Å². The van der Waals surface area contributed by atoms with Crippen LogP contribution in [0.5, 0.6) is 0 Å². The average molecular weight is 254 g/mol. The van der Waals surface area contributed by atoms with Crippen LogP contribution in [0.1, 0.15) is 38.8 Å². The molecule has 0 aliphatic carbocycles. The molecule has 2 aromatic rings. The molecule has 2 aromatic carbocycles. The van der Waals surface area contributed by atoms with Crippen molar-refractivity contribution in [2.75, 3.05) is 0 Å². The van der Waals surface area contributed by atoms with Gasteiger partial charge in [0.25, 0.3) is 0 Å². The summed E-state index contributed by atoms with van der Waals surface area (Å²) >= 11 is 0. The van der Waals surface area contributed by atoms with E-state index in [2.05, 4.69) is 56.0 Å². The molecule has 0 nitrogen and oxygen atoms in total. The van der Waals surface area contributed by atoms with E-state index in [0.717, 1.165) is 0 Å². The summed E-state index contributed by atoms with van der Waals surface area (Å²) in [5.74, 6) is 0. The van der Waals surface area contributed by atoms with E-state index < -0.39 is 0 Å². The number of fused-ring (bicyclic) bond motifs is 1. The van der Waals surface area contributed by atoms with Crippen molar-refractivity contribution < 1.29 is 0 Å². The standard InChI is InChI=1S/C15H14.2C2H6/c1-3-4-7-13-11-15-9-6-5-8-14(15)10-12(13)2;2*1-2/h3-11H,1H2,2H3;2*1-2H3/b7-4-;;. The monoisotopic (exact) mass is 254 g/mol. The van der Waals surface area contributed by atoms with E-state index in [-0.39, 0.29) is 0 Å². The first-order valence-electron chi connectivity index (χ1n) is 7.10. The van der Waals surface area contributed by atoms with Gasteiger partial charge in [-0.15, -0.1) is 0 Å². The lowest BCUT2D eigenvalue weighted by Gasteiger charge is -2.03. The lowest BCUT2D eigenvalue weighted by molar-refractivity contribution is 1.47. The SMILES string of the molecule is C=C/C=C\c1cc2ccccc2cc1C.CC.CC. The van der Waals surface area contributed by atoms with Gasteiger partial charge in [0.15, 0.2) is 0 Å².